The Labute approximate surface area is 162 Å². The number of anilines is 1. The third kappa shape index (κ3) is 5.15. The molecule has 0 bridgehead atoms. The van der Waals surface area contributed by atoms with Crippen LogP contribution in [-0.2, 0) is 6.54 Å². The van der Waals surface area contributed by atoms with Crippen LogP contribution in [0, 0.1) is 6.92 Å². The van der Waals surface area contributed by atoms with Crippen LogP contribution < -0.4 is 10.6 Å². The van der Waals surface area contributed by atoms with Gasteiger partial charge in [-0.25, -0.2) is 4.98 Å². The molecule has 0 saturated carbocycles. The van der Waals surface area contributed by atoms with Crippen molar-refractivity contribution in [3.05, 3.63) is 94.3 Å². The summed E-state index contributed by atoms with van der Waals surface area (Å²) in [5.41, 5.74) is 2.99. The zero-order valence-corrected chi connectivity index (χ0v) is 15.5. The Kier molecular flexibility index (Phi) is 5.84. The number of hydrogen-bond donors (Lipinski definition) is 2. The first-order valence-electron chi connectivity index (χ1n) is 8.39. The molecule has 0 aliphatic carbocycles. The van der Waals surface area contributed by atoms with Crippen molar-refractivity contribution >= 4 is 29.1 Å². The molecule has 1 heterocycles. The first-order valence-corrected chi connectivity index (χ1v) is 8.77. The van der Waals surface area contributed by atoms with Crippen LogP contribution in [0.3, 0.4) is 0 Å². The number of nitrogens with zero attached hydrogens (tertiary/aromatic N) is 1. The molecule has 0 radical (unpaired) electrons. The highest BCUT2D eigenvalue weighted by Gasteiger charge is 2.12. The minimum Gasteiger partial charge on any atom is -0.347 e. The van der Waals surface area contributed by atoms with Gasteiger partial charge in [0.15, 0.2) is 0 Å². The van der Waals surface area contributed by atoms with Crippen molar-refractivity contribution in [2.45, 2.75) is 13.5 Å². The second-order valence-corrected chi connectivity index (χ2v) is 6.48. The Hall–Kier alpha value is -3.18. The topological polar surface area (TPSA) is 71.1 Å². The standard InChI is InChI=1S/C21H18ClN3O2/c1-14-4-2-5-17(12-14)24-21(27)19-7-3-6-18(25-19)20(26)23-13-15-8-10-16(22)11-9-15/h2-12H,13H2,1H3,(H,23,26)(H,24,27). The summed E-state index contributed by atoms with van der Waals surface area (Å²) in [4.78, 5) is 28.9. The molecule has 0 spiro atoms. The van der Waals surface area contributed by atoms with Crippen LogP contribution in [0.1, 0.15) is 32.1 Å². The summed E-state index contributed by atoms with van der Waals surface area (Å²) in [7, 11) is 0. The summed E-state index contributed by atoms with van der Waals surface area (Å²) >= 11 is 5.85. The van der Waals surface area contributed by atoms with Gasteiger partial charge in [-0.3, -0.25) is 9.59 Å². The maximum Gasteiger partial charge on any atom is 0.274 e. The lowest BCUT2D eigenvalue weighted by atomic mass is 10.2. The molecule has 0 atom stereocenters. The molecular weight excluding hydrogens is 362 g/mol. The number of aromatic nitrogens is 1. The first-order chi connectivity index (χ1) is 13.0. The van der Waals surface area contributed by atoms with E-state index in [1.807, 2.05) is 37.3 Å². The van der Waals surface area contributed by atoms with Crippen molar-refractivity contribution in [3.8, 4) is 0 Å². The first kappa shape index (κ1) is 18.6. The van der Waals surface area contributed by atoms with E-state index in [2.05, 4.69) is 15.6 Å². The number of rotatable bonds is 5. The fourth-order valence-electron chi connectivity index (χ4n) is 2.48. The van der Waals surface area contributed by atoms with Crippen molar-refractivity contribution in [1.29, 1.82) is 0 Å². The fraction of sp³-hybridized carbons (Fsp3) is 0.0952. The van der Waals surface area contributed by atoms with Gasteiger partial charge in [-0.2, -0.15) is 0 Å². The highest BCUT2D eigenvalue weighted by Crippen LogP contribution is 2.12. The smallest absolute Gasteiger partial charge is 0.274 e. The van der Waals surface area contributed by atoms with Crippen LogP contribution in [0.4, 0.5) is 5.69 Å². The molecule has 1 aromatic heterocycles. The van der Waals surface area contributed by atoms with Crippen molar-refractivity contribution in [2.24, 2.45) is 0 Å². The Morgan fingerprint density at radius 3 is 2.30 bits per heavy atom. The molecule has 0 fully saturated rings. The second kappa shape index (κ2) is 8.47. The van der Waals surface area contributed by atoms with Crippen LogP contribution in [-0.4, -0.2) is 16.8 Å². The molecule has 3 rings (SSSR count). The summed E-state index contributed by atoms with van der Waals surface area (Å²) in [6, 6.07) is 19.4. The van der Waals surface area contributed by atoms with Crippen LogP contribution in [0.5, 0.6) is 0 Å². The lowest BCUT2D eigenvalue weighted by Gasteiger charge is -2.08. The monoisotopic (exact) mass is 379 g/mol. The number of pyridine rings is 1. The summed E-state index contributed by atoms with van der Waals surface area (Å²) in [6.45, 7) is 2.29. The SMILES string of the molecule is Cc1cccc(NC(=O)c2cccc(C(=O)NCc3ccc(Cl)cc3)n2)c1. The van der Waals surface area contributed by atoms with Gasteiger partial charge in [0.1, 0.15) is 11.4 Å². The molecule has 3 aromatic rings. The van der Waals surface area contributed by atoms with Crippen LogP contribution in [0.15, 0.2) is 66.7 Å². The summed E-state index contributed by atoms with van der Waals surface area (Å²) in [5, 5.41) is 6.20. The molecule has 2 amide bonds. The number of hydrogen-bond acceptors (Lipinski definition) is 3. The normalized spacial score (nSPS) is 10.3. The zero-order valence-electron chi connectivity index (χ0n) is 14.7. The lowest BCUT2D eigenvalue weighted by molar-refractivity contribution is 0.0945. The van der Waals surface area contributed by atoms with Crippen molar-refractivity contribution in [1.82, 2.24) is 10.3 Å². The maximum absolute atomic E-state index is 12.4. The van der Waals surface area contributed by atoms with Gasteiger partial charge >= 0.3 is 0 Å². The van der Waals surface area contributed by atoms with E-state index in [-0.39, 0.29) is 23.2 Å². The minimum absolute atomic E-state index is 0.177. The van der Waals surface area contributed by atoms with Crippen molar-refractivity contribution in [2.75, 3.05) is 5.32 Å². The molecule has 6 heteroatoms. The molecule has 27 heavy (non-hydrogen) atoms. The predicted molar refractivity (Wildman–Crippen MR) is 106 cm³/mol. The number of carbonyl (C=O) groups is 2. The summed E-state index contributed by atoms with van der Waals surface area (Å²) in [6.07, 6.45) is 0. The van der Waals surface area contributed by atoms with Gasteiger partial charge < -0.3 is 10.6 Å². The van der Waals surface area contributed by atoms with E-state index in [0.29, 0.717) is 17.3 Å². The predicted octanol–water partition coefficient (Wildman–Crippen LogP) is 4.23. The number of nitrogens with one attached hydrogen (secondary N) is 2. The van der Waals surface area contributed by atoms with Crippen LogP contribution >= 0.6 is 11.6 Å². The third-order valence-corrected chi connectivity index (χ3v) is 4.11. The van der Waals surface area contributed by atoms with E-state index in [9.17, 15) is 9.59 Å². The molecule has 5 nitrogen and oxygen atoms in total. The number of benzene rings is 2. The maximum atomic E-state index is 12.4. The van der Waals surface area contributed by atoms with Gasteiger partial charge in [0.25, 0.3) is 11.8 Å². The Bertz CT molecular complexity index is 971. The number of carbonyl (C=O) groups excluding carboxylic acids is 2. The Morgan fingerprint density at radius 1 is 0.926 bits per heavy atom. The second-order valence-electron chi connectivity index (χ2n) is 6.04. The molecular formula is C21H18ClN3O2. The largest absolute Gasteiger partial charge is 0.347 e. The van der Waals surface area contributed by atoms with E-state index < -0.39 is 0 Å². The molecule has 136 valence electrons. The van der Waals surface area contributed by atoms with Gasteiger partial charge in [-0.05, 0) is 54.4 Å². The van der Waals surface area contributed by atoms with Gasteiger partial charge in [-0.1, -0.05) is 41.9 Å². The Morgan fingerprint density at radius 2 is 1.59 bits per heavy atom. The van der Waals surface area contributed by atoms with Crippen LogP contribution in [0.25, 0.3) is 0 Å². The molecule has 0 saturated heterocycles. The molecule has 0 aliphatic rings. The number of aryl methyl sites for hydroxylation is 1. The van der Waals surface area contributed by atoms with E-state index in [0.717, 1.165) is 11.1 Å². The average molecular weight is 380 g/mol. The highest BCUT2D eigenvalue weighted by molar-refractivity contribution is 6.30. The lowest BCUT2D eigenvalue weighted by Crippen LogP contribution is -2.25. The zero-order chi connectivity index (χ0) is 19.2. The molecule has 0 unspecified atom stereocenters. The third-order valence-electron chi connectivity index (χ3n) is 3.86. The van der Waals surface area contributed by atoms with E-state index >= 15 is 0 Å². The quantitative estimate of drug-likeness (QED) is 0.697. The van der Waals surface area contributed by atoms with Crippen LogP contribution in [0.2, 0.25) is 5.02 Å². The number of halogens is 1. The van der Waals surface area contributed by atoms with E-state index in [1.165, 1.54) is 0 Å². The van der Waals surface area contributed by atoms with Gasteiger partial charge in [0, 0.05) is 17.3 Å². The van der Waals surface area contributed by atoms with Crippen molar-refractivity contribution in [3.63, 3.8) is 0 Å². The van der Waals surface area contributed by atoms with Gasteiger partial charge in [-0.15, -0.1) is 0 Å². The minimum atomic E-state index is -0.368. The molecule has 0 aliphatic heterocycles. The summed E-state index contributed by atoms with van der Waals surface area (Å²) < 4.78 is 0. The van der Waals surface area contributed by atoms with Gasteiger partial charge in [0.05, 0.1) is 0 Å². The van der Waals surface area contributed by atoms with Gasteiger partial charge in [0.2, 0.25) is 0 Å². The highest BCUT2D eigenvalue weighted by atomic mass is 35.5. The molecule has 2 aromatic carbocycles. The average Bonchev–Trinajstić information content (AvgIpc) is 2.67. The number of amides is 2. The summed E-state index contributed by atoms with van der Waals surface area (Å²) in [5.74, 6) is -0.719. The Balaban J connectivity index is 1.66. The van der Waals surface area contributed by atoms with E-state index in [1.54, 1.807) is 36.4 Å². The van der Waals surface area contributed by atoms with E-state index in [4.69, 9.17) is 11.6 Å². The van der Waals surface area contributed by atoms with Crippen molar-refractivity contribution < 1.29 is 9.59 Å². The molecule has 2 N–H and O–H groups in total. The fourth-order valence-corrected chi connectivity index (χ4v) is 2.61.